The Labute approximate surface area is 161 Å². The fraction of sp³-hybridized carbons (Fsp3) is 0.200. The lowest BCUT2D eigenvalue weighted by Crippen LogP contribution is -2.32. The van der Waals surface area contributed by atoms with Gasteiger partial charge in [-0.25, -0.2) is 0 Å². The molecular formula is C20H19N3O3S. The Bertz CT molecular complexity index is 908. The number of nitrogens with zero attached hydrogens (tertiary/aromatic N) is 3. The number of aryl methyl sites for hydroxylation is 1. The van der Waals surface area contributed by atoms with Gasteiger partial charge in [0.1, 0.15) is 5.25 Å². The first-order valence-corrected chi connectivity index (χ1v) is 9.30. The van der Waals surface area contributed by atoms with Gasteiger partial charge >= 0.3 is 5.97 Å². The third kappa shape index (κ3) is 4.43. The average molecular weight is 381 g/mol. The summed E-state index contributed by atoms with van der Waals surface area (Å²) in [5.41, 5.74) is 3.45. The van der Waals surface area contributed by atoms with Gasteiger partial charge in [0.2, 0.25) is 5.91 Å². The highest BCUT2D eigenvalue weighted by molar-refractivity contribution is 8.16. The van der Waals surface area contributed by atoms with E-state index in [9.17, 15) is 9.59 Å². The third-order valence-electron chi connectivity index (χ3n) is 4.06. The molecule has 1 aliphatic rings. The molecule has 0 bridgehead atoms. The molecule has 7 heteroatoms. The molecule has 27 heavy (non-hydrogen) atoms. The molecule has 0 aliphatic carbocycles. The molecule has 0 radical (unpaired) electrons. The van der Waals surface area contributed by atoms with Gasteiger partial charge in [-0.05, 0) is 31.5 Å². The molecule has 0 aromatic heterocycles. The molecular weight excluding hydrogens is 362 g/mol. The number of hydrogen-bond donors (Lipinski definition) is 1. The van der Waals surface area contributed by atoms with Crippen molar-refractivity contribution in [2.75, 3.05) is 4.90 Å². The minimum Gasteiger partial charge on any atom is -0.481 e. The number of para-hydroxylation sites is 1. The van der Waals surface area contributed by atoms with Crippen molar-refractivity contribution in [2.24, 2.45) is 10.2 Å². The van der Waals surface area contributed by atoms with Crippen molar-refractivity contribution in [3.8, 4) is 0 Å². The largest absolute Gasteiger partial charge is 0.481 e. The monoisotopic (exact) mass is 381 g/mol. The Morgan fingerprint density at radius 1 is 1.15 bits per heavy atom. The topological polar surface area (TPSA) is 82.3 Å². The molecule has 1 N–H and O–H groups in total. The Hall–Kier alpha value is -2.93. The highest BCUT2D eigenvalue weighted by Gasteiger charge is 2.40. The number of rotatable bonds is 5. The SMILES string of the molecule is CC(=NN=C1S[C@H](CC(=O)O)C(=O)N1c1ccccc1)c1ccc(C)cc1. The Balaban J connectivity index is 1.93. The first kappa shape index (κ1) is 18.8. The van der Waals surface area contributed by atoms with Crippen molar-refractivity contribution < 1.29 is 14.7 Å². The number of amidine groups is 1. The first-order valence-electron chi connectivity index (χ1n) is 8.42. The van der Waals surface area contributed by atoms with Gasteiger partial charge in [-0.15, -0.1) is 5.10 Å². The van der Waals surface area contributed by atoms with Crippen LogP contribution >= 0.6 is 11.8 Å². The molecule has 0 saturated carbocycles. The minimum absolute atomic E-state index is 0.257. The van der Waals surface area contributed by atoms with E-state index in [4.69, 9.17) is 5.11 Å². The number of benzene rings is 2. The van der Waals surface area contributed by atoms with Crippen LogP contribution in [0.15, 0.2) is 64.8 Å². The number of hydrogen-bond acceptors (Lipinski definition) is 5. The summed E-state index contributed by atoms with van der Waals surface area (Å²) in [6, 6.07) is 17.0. The number of carbonyl (C=O) groups is 2. The number of carboxylic acid groups (broad SMARTS) is 1. The number of anilines is 1. The van der Waals surface area contributed by atoms with Crippen LogP contribution in [0.3, 0.4) is 0 Å². The van der Waals surface area contributed by atoms with Crippen molar-refractivity contribution in [1.29, 1.82) is 0 Å². The normalized spacial score (nSPS) is 19.0. The lowest BCUT2D eigenvalue weighted by molar-refractivity contribution is -0.138. The summed E-state index contributed by atoms with van der Waals surface area (Å²) in [4.78, 5) is 25.2. The highest BCUT2D eigenvalue weighted by Crippen LogP contribution is 2.33. The van der Waals surface area contributed by atoms with Crippen LogP contribution in [0.25, 0.3) is 0 Å². The van der Waals surface area contributed by atoms with E-state index in [1.807, 2.05) is 56.3 Å². The molecule has 138 valence electrons. The van der Waals surface area contributed by atoms with E-state index in [1.165, 1.54) is 4.90 Å². The van der Waals surface area contributed by atoms with Gasteiger partial charge in [0.05, 0.1) is 17.8 Å². The lowest BCUT2D eigenvalue weighted by atomic mass is 10.1. The molecule has 1 amide bonds. The van der Waals surface area contributed by atoms with Gasteiger partial charge in [0.25, 0.3) is 0 Å². The van der Waals surface area contributed by atoms with Crippen LogP contribution in [0, 0.1) is 6.92 Å². The van der Waals surface area contributed by atoms with E-state index >= 15 is 0 Å². The molecule has 1 saturated heterocycles. The van der Waals surface area contributed by atoms with E-state index in [0.717, 1.165) is 22.9 Å². The molecule has 1 aliphatic heterocycles. The van der Waals surface area contributed by atoms with Crippen molar-refractivity contribution in [2.45, 2.75) is 25.5 Å². The van der Waals surface area contributed by atoms with Gasteiger partial charge in [-0.2, -0.15) is 5.10 Å². The lowest BCUT2D eigenvalue weighted by Gasteiger charge is -2.15. The maximum atomic E-state index is 12.7. The Morgan fingerprint density at radius 3 is 2.44 bits per heavy atom. The van der Waals surface area contributed by atoms with E-state index < -0.39 is 11.2 Å². The number of thioether (sulfide) groups is 1. The van der Waals surface area contributed by atoms with E-state index in [0.29, 0.717) is 16.6 Å². The standard InChI is InChI=1S/C20H19N3O3S/c1-13-8-10-15(11-9-13)14(2)21-22-20-23(16-6-4-3-5-7-16)19(26)17(27-20)12-18(24)25/h3-11,17H,12H2,1-2H3,(H,24,25)/t17-/m1/s1. The van der Waals surface area contributed by atoms with Crippen LogP contribution < -0.4 is 4.90 Å². The summed E-state index contributed by atoms with van der Waals surface area (Å²) in [5, 5.41) is 17.3. The predicted octanol–water partition coefficient (Wildman–Crippen LogP) is 3.70. The molecule has 0 spiro atoms. The molecule has 0 unspecified atom stereocenters. The zero-order valence-corrected chi connectivity index (χ0v) is 15.8. The molecule has 3 rings (SSSR count). The highest BCUT2D eigenvalue weighted by atomic mass is 32.2. The Kier molecular flexibility index (Phi) is 5.71. The molecule has 1 atom stereocenters. The van der Waals surface area contributed by atoms with Crippen molar-refractivity contribution in [3.63, 3.8) is 0 Å². The fourth-order valence-electron chi connectivity index (χ4n) is 2.61. The molecule has 6 nitrogen and oxygen atoms in total. The van der Waals surface area contributed by atoms with E-state index in [1.54, 1.807) is 12.1 Å². The quantitative estimate of drug-likeness (QED) is 0.632. The summed E-state index contributed by atoms with van der Waals surface area (Å²) >= 11 is 1.13. The smallest absolute Gasteiger partial charge is 0.305 e. The second kappa shape index (κ2) is 8.18. The summed E-state index contributed by atoms with van der Waals surface area (Å²) in [6.45, 7) is 3.86. The summed E-state index contributed by atoms with van der Waals surface area (Å²) in [7, 11) is 0. The number of aliphatic carboxylic acids is 1. The number of amides is 1. The van der Waals surface area contributed by atoms with Crippen LogP contribution in [-0.4, -0.2) is 33.1 Å². The van der Waals surface area contributed by atoms with E-state index in [2.05, 4.69) is 10.2 Å². The van der Waals surface area contributed by atoms with Crippen LogP contribution in [0.1, 0.15) is 24.5 Å². The van der Waals surface area contributed by atoms with Crippen molar-refractivity contribution in [1.82, 2.24) is 0 Å². The zero-order valence-electron chi connectivity index (χ0n) is 15.0. The molecule has 1 fully saturated rings. The molecule has 2 aromatic rings. The zero-order chi connectivity index (χ0) is 19.4. The van der Waals surface area contributed by atoms with Crippen molar-refractivity contribution in [3.05, 3.63) is 65.7 Å². The number of carbonyl (C=O) groups excluding carboxylic acids is 1. The second-order valence-corrected chi connectivity index (χ2v) is 7.32. The van der Waals surface area contributed by atoms with Crippen LogP contribution in [0.5, 0.6) is 0 Å². The molecule has 1 heterocycles. The van der Waals surface area contributed by atoms with E-state index in [-0.39, 0.29) is 12.3 Å². The summed E-state index contributed by atoms with van der Waals surface area (Å²) in [5.74, 6) is -1.31. The first-order chi connectivity index (χ1) is 13.0. The van der Waals surface area contributed by atoms with Gasteiger partial charge in [0, 0.05) is 0 Å². The van der Waals surface area contributed by atoms with Crippen LogP contribution in [-0.2, 0) is 9.59 Å². The maximum absolute atomic E-state index is 12.7. The number of carboxylic acids is 1. The van der Waals surface area contributed by atoms with Gasteiger partial charge < -0.3 is 5.11 Å². The van der Waals surface area contributed by atoms with Crippen molar-refractivity contribution >= 4 is 40.2 Å². The van der Waals surface area contributed by atoms with Gasteiger partial charge in [-0.3, -0.25) is 14.5 Å². The molecule has 2 aromatic carbocycles. The summed E-state index contributed by atoms with van der Waals surface area (Å²) < 4.78 is 0. The predicted molar refractivity (Wildman–Crippen MR) is 108 cm³/mol. The fourth-order valence-corrected chi connectivity index (χ4v) is 3.68. The Morgan fingerprint density at radius 2 is 1.81 bits per heavy atom. The summed E-state index contributed by atoms with van der Waals surface area (Å²) in [6.07, 6.45) is -0.257. The maximum Gasteiger partial charge on any atom is 0.305 e. The van der Waals surface area contributed by atoms with Gasteiger partial charge in [-0.1, -0.05) is 59.8 Å². The van der Waals surface area contributed by atoms with Crippen LogP contribution in [0.2, 0.25) is 0 Å². The average Bonchev–Trinajstić information content (AvgIpc) is 2.96. The second-order valence-electron chi connectivity index (χ2n) is 6.15. The minimum atomic E-state index is -1.02. The van der Waals surface area contributed by atoms with Gasteiger partial charge in [0.15, 0.2) is 5.17 Å². The third-order valence-corrected chi connectivity index (χ3v) is 5.19. The van der Waals surface area contributed by atoms with Crippen LogP contribution in [0.4, 0.5) is 5.69 Å².